The molecule has 0 amide bonds. The first-order chi connectivity index (χ1) is 16.2. The molecule has 2 N–H and O–H groups in total. The van der Waals surface area contributed by atoms with Crippen LogP contribution in [0.5, 0.6) is 5.95 Å². The molecule has 3 heterocycles. The summed E-state index contributed by atoms with van der Waals surface area (Å²) in [6.07, 6.45) is -1.46. The van der Waals surface area contributed by atoms with E-state index in [0.717, 1.165) is 0 Å². The van der Waals surface area contributed by atoms with Crippen LogP contribution in [0.15, 0.2) is 34.7 Å². The first-order valence-electron chi connectivity index (χ1n) is 12.3. The van der Waals surface area contributed by atoms with Gasteiger partial charge in [-0.05, 0) is 31.1 Å². The molecule has 4 fully saturated rings. The molecule has 5 aliphatic rings. The zero-order valence-electron chi connectivity index (χ0n) is 19.5. The molecular formula is C27H29FO6. The maximum Gasteiger partial charge on any atom is 0.286 e. The van der Waals surface area contributed by atoms with E-state index in [4.69, 9.17) is 13.9 Å². The molecule has 0 bridgehead atoms. The summed E-state index contributed by atoms with van der Waals surface area (Å²) in [5.41, 5.74) is -0.748. The predicted octanol–water partition coefficient (Wildman–Crippen LogP) is 3.92. The number of fused-ring (bicyclic) bond motifs is 3. The summed E-state index contributed by atoms with van der Waals surface area (Å²) in [6.45, 7) is 5.94. The number of ketones is 1. The number of alkyl halides is 1. The Balaban J connectivity index is 1.36. The van der Waals surface area contributed by atoms with Crippen LogP contribution >= 0.6 is 0 Å². The molecule has 2 spiro atoms. The zero-order valence-corrected chi connectivity index (χ0v) is 19.5. The molecule has 180 valence electrons. The molecule has 2 saturated carbocycles. The lowest BCUT2D eigenvalue weighted by Gasteiger charge is -2.54. The first kappa shape index (κ1) is 21.1. The minimum atomic E-state index is -1.33. The highest BCUT2D eigenvalue weighted by Crippen LogP contribution is 2.80. The van der Waals surface area contributed by atoms with Crippen molar-refractivity contribution in [3.05, 3.63) is 52.8 Å². The third-order valence-electron chi connectivity index (χ3n) is 9.80. The van der Waals surface area contributed by atoms with Crippen LogP contribution in [-0.4, -0.2) is 51.7 Å². The van der Waals surface area contributed by atoms with Gasteiger partial charge in [0.15, 0.2) is 11.4 Å². The summed E-state index contributed by atoms with van der Waals surface area (Å²) < 4.78 is 34.5. The van der Waals surface area contributed by atoms with Gasteiger partial charge in [0, 0.05) is 28.0 Å². The van der Waals surface area contributed by atoms with Crippen molar-refractivity contribution in [3.63, 3.8) is 0 Å². The first-order valence-corrected chi connectivity index (χ1v) is 12.3. The molecule has 1 aromatic carbocycles. The minimum absolute atomic E-state index is 0.0455. The number of hydrogen-bond acceptors (Lipinski definition) is 6. The van der Waals surface area contributed by atoms with Crippen LogP contribution < -0.4 is 0 Å². The Labute approximate surface area is 197 Å². The molecule has 1 aromatic heterocycles. The molecule has 2 aliphatic heterocycles. The predicted molar refractivity (Wildman–Crippen MR) is 118 cm³/mol. The van der Waals surface area contributed by atoms with Crippen molar-refractivity contribution < 1.29 is 33.3 Å². The topological polar surface area (TPSA) is 95.7 Å². The zero-order chi connectivity index (χ0) is 23.8. The Bertz CT molecular complexity index is 1210. The highest BCUT2D eigenvalue weighted by atomic mass is 19.1. The van der Waals surface area contributed by atoms with E-state index in [1.165, 1.54) is 0 Å². The molecule has 7 heteroatoms. The summed E-state index contributed by atoms with van der Waals surface area (Å²) in [7, 11) is 0. The van der Waals surface area contributed by atoms with Gasteiger partial charge >= 0.3 is 0 Å². The fourth-order valence-electron chi connectivity index (χ4n) is 8.17. The Hall–Kier alpha value is -2.22. The molecule has 9 atom stereocenters. The molecule has 3 aliphatic carbocycles. The third kappa shape index (κ3) is 2.12. The molecule has 2 unspecified atom stereocenters. The van der Waals surface area contributed by atoms with Gasteiger partial charge in [0.25, 0.3) is 5.95 Å². The van der Waals surface area contributed by atoms with Crippen molar-refractivity contribution in [3.8, 4) is 5.95 Å². The number of benzene rings is 1. The molecular weight excluding hydrogens is 439 g/mol. The van der Waals surface area contributed by atoms with Crippen LogP contribution in [0.2, 0.25) is 0 Å². The molecule has 2 saturated heterocycles. The van der Waals surface area contributed by atoms with Crippen LogP contribution in [-0.2, 0) is 15.9 Å². The maximum atomic E-state index is 16.2. The van der Waals surface area contributed by atoms with Gasteiger partial charge in [0.2, 0.25) is 5.78 Å². The number of aromatic hydroxyl groups is 1. The average Bonchev–Trinajstić information content (AvgIpc) is 3.70. The molecule has 2 aromatic rings. The lowest BCUT2D eigenvalue weighted by atomic mass is 9.46. The van der Waals surface area contributed by atoms with Crippen LogP contribution in [0, 0.1) is 17.3 Å². The van der Waals surface area contributed by atoms with Gasteiger partial charge in [-0.25, -0.2) is 4.39 Å². The van der Waals surface area contributed by atoms with Gasteiger partial charge in [-0.1, -0.05) is 51.1 Å². The van der Waals surface area contributed by atoms with Gasteiger partial charge < -0.3 is 24.1 Å². The average molecular weight is 469 g/mol. The molecule has 6 nitrogen and oxygen atoms in total. The lowest BCUT2D eigenvalue weighted by molar-refractivity contribution is -0.0920. The van der Waals surface area contributed by atoms with Crippen molar-refractivity contribution in [2.45, 2.75) is 81.6 Å². The molecule has 0 radical (unpaired) electrons. The quantitative estimate of drug-likeness (QED) is 0.524. The Morgan fingerprint density at radius 2 is 1.94 bits per heavy atom. The van der Waals surface area contributed by atoms with Gasteiger partial charge in [-0.3, -0.25) is 4.79 Å². The van der Waals surface area contributed by atoms with E-state index in [-0.39, 0.29) is 35.4 Å². The van der Waals surface area contributed by atoms with Gasteiger partial charge in [-0.15, -0.1) is 0 Å². The number of furan rings is 1. The molecule has 7 rings (SSSR count). The highest BCUT2D eigenvalue weighted by Gasteiger charge is 2.95. The number of carbonyl (C=O) groups is 1. The smallest absolute Gasteiger partial charge is 0.286 e. The fraction of sp³-hybridized carbons (Fsp3) is 0.593. The van der Waals surface area contributed by atoms with E-state index < -0.39 is 40.9 Å². The van der Waals surface area contributed by atoms with Crippen LogP contribution in [0.25, 0.3) is 0 Å². The lowest BCUT2D eigenvalue weighted by Crippen LogP contribution is -2.68. The summed E-state index contributed by atoms with van der Waals surface area (Å²) >= 11 is 0. The number of ether oxygens (including phenoxy) is 2. The van der Waals surface area contributed by atoms with Gasteiger partial charge in [0.05, 0.1) is 12.2 Å². The van der Waals surface area contributed by atoms with Gasteiger partial charge in [0.1, 0.15) is 17.9 Å². The van der Waals surface area contributed by atoms with E-state index >= 15 is 4.39 Å². The number of aliphatic hydroxyl groups excluding tert-OH is 1. The third-order valence-corrected chi connectivity index (χ3v) is 9.80. The fourth-order valence-corrected chi connectivity index (χ4v) is 8.17. The van der Waals surface area contributed by atoms with Crippen molar-refractivity contribution in [1.82, 2.24) is 0 Å². The number of halogens is 1. The van der Waals surface area contributed by atoms with Crippen LogP contribution in [0.3, 0.4) is 0 Å². The van der Waals surface area contributed by atoms with E-state index in [2.05, 4.69) is 6.92 Å². The normalized spacial score (nSPS) is 45.5. The van der Waals surface area contributed by atoms with Crippen molar-refractivity contribution in [2.24, 2.45) is 17.3 Å². The summed E-state index contributed by atoms with van der Waals surface area (Å²) in [5.74, 6) is -1.17. The van der Waals surface area contributed by atoms with E-state index in [1.54, 1.807) is 24.3 Å². The monoisotopic (exact) mass is 468 g/mol. The van der Waals surface area contributed by atoms with Crippen molar-refractivity contribution in [2.75, 3.05) is 0 Å². The Morgan fingerprint density at radius 3 is 2.65 bits per heavy atom. The standard InChI is InChI=1S/C27H29FO6/c1-12(2)17-20(30)23-27(34-23)25(3)10-9-14-18(15(25)11-16-26(27,33-16)22(17)28)21(32-24(14)31)19(29)13-7-5-4-6-8-13/h4-8,12,15-17,20,22-23,30-31H,9-11H2,1-3H3/t15?,16-,17?,20+,22-,23-,25-,26+,27+/m0/s1. The Kier molecular flexibility index (Phi) is 3.91. The summed E-state index contributed by atoms with van der Waals surface area (Å²) in [4.78, 5) is 13.4. The van der Waals surface area contributed by atoms with E-state index in [9.17, 15) is 15.0 Å². The highest BCUT2D eigenvalue weighted by molar-refractivity contribution is 6.08. The number of rotatable bonds is 3. The second-order valence-corrected chi connectivity index (χ2v) is 11.4. The number of aliphatic hydroxyl groups is 1. The SMILES string of the molecule is CC(C)C1[C@@H](O)[C@@H]2O[C@]23[C@]2(O[C@H]2CC2c4c(C(=O)c5ccccc5)oc(O)c4CC[C@@]23C)[C@H]1F. The van der Waals surface area contributed by atoms with Crippen molar-refractivity contribution >= 4 is 5.78 Å². The minimum Gasteiger partial charge on any atom is -0.480 e. The van der Waals surface area contributed by atoms with Crippen LogP contribution in [0.4, 0.5) is 4.39 Å². The van der Waals surface area contributed by atoms with Crippen molar-refractivity contribution in [1.29, 1.82) is 0 Å². The maximum absolute atomic E-state index is 16.2. The second-order valence-electron chi connectivity index (χ2n) is 11.4. The number of epoxide rings is 2. The van der Waals surface area contributed by atoms with E-state index in [1.807, 2.05) is 19.9 Å². The van der Waals surface area contributed by atoms with Crippen LogP contribution in [0.1, 0.15) is 66.8 Å². The number of hydrogen-bond donors (Lipinski definition) is 2. The molecule has 34 heavy (non-hydrogen) atoms. The summed E-state index contributed by atoms with van der Waals surface area (Å²) in [5, 5.41) is 21.8. The second kappa shape index (κ2) is 6.31. The number of carbonyl (C=O) groups excluding carboxylic acids is 1. The van der Waals surface area contributed by atoms with Gasteiger partial charge in [-0.2, -0.15) is 0 Å². The van der Waals surface area contributed by atoms with E-state index in [0.29, 0.717) is 36.0 Å². The largest absolute Gasteiger partial charge is 0.480 e. The summed E-state index contributed by atoms with van der Waals surface area (Å²) in [6, 6.07) is 8.86. The Morgan fingerprint density at radius 1 is 1.21 bits per heavy atom.